The number of anilines is 2. The van der Waals surface area contributed by atoms with E-state index in [1.165, 1.54) is 24.6 Å². The third kappa shape index (κ3) is 2.31. The van der Waals surface area contributed by atoms with Gasteiger partial charge in [0.15, 0.2) is 4.91 Å². The Morgan fingerprint density at radius 3 is 2.73 bits per heavy atom. The van der Waals surface area contributed by atoms with Crippen molar-refractivity contribution in [2.24, 2.45) is 0 Å². The monoisotopic (exact) mass is 354 g/mol. The molecule has 2 heterocycles. The van der Waals surface area contributed by atoms with Crippen LogP contribution in [-0.4, -0.2) is 21.2 Å². The van der Waals surface area contributed by atoms with E-state index in [0.29, 0.717) is 21.3 Å². The summed E-state index contributed by atoms with van der Waals surface area (Å²) < 4.78 is 26.0. The number of benzene rings is 1. The van der Waals surface area contributed by atoms with Gasteiger partial charge in [0.05, 0.1) is 16.4 Å². The lowest BCUT2D eigenvalue weighted by atomic mass is 10.2. The van der Waals surface area contributed by atoms with E-state index in [0.717, 1.165) is 4.31 Å². The van der Waals surface area contributed by atoms with Gasteiger partial charge in [-0.25, -0.2) is 8.42 Å². The number of rotatable bonds is 2. The summed E-state index contributed by atoms with van der Waals surface area (Å²) >= 11 is 7.22. The molecule has 22 heavy (non-hydrogen) atoms. The largest absolute Gasteiger partial charge is 0.359 e. The Bertz CT molecular complexity index is 887. The number of fused-ring (bicyclic) bond motifs is 1. The van der Waals surface area contributed by atoms with Gasteiger partial charge < -0.3 is 5.32 Å². The van der Waals surface area contributed by atoms with Crippen molar-refractivity contribution in [3.63, 3.8) is 0 Å². The van der Waals surface area contributed by atoms with Crippen LogP contribution in [0.3, 0.4) is 0 Å². The first-order valence-corrected chi connectivity index (χ1v) is 8.95. The van der Waals surface area contributed by atoms with E-state index in [-0.39, 0.29) is 4.91 Å². The summed E-state index contributed by atoms with van der Waals surface area (Å²) in [5, 5.41) is 4.93. The van der Waals surface area contributed by atoms with E-state index in [4.69, 9.17) is 11.6 Å². The highest BCUT2D eigenvalue weighted by atomic mass is 35.5. The van der Waals surface area contributed by atoms with Crippen LogP contribution in [0.25, 0.3) is 0 Å². The molecule has 0 spiro atoms. The van der Waals surface area contributed by atoms with E-state index in [2.05, 4.69) is 5.32 Å². The first-order chi connectivity index (χ1) is 10.4. The number of allylic oxidation sites excluding steroid dienone is 1. The molecule has 1 aliphatic heterocycles. The molecule has 0 saturated heterocycles. The number of halogens is 1. The van der Waals surface area contributed by atoms with Crippen LogP contribution in [0.1, 0.15) is 9.67 Å². The number of ketones is 1. The van der Waals surface area contributed by atoms with Gasteiger partial charge in [0.1, 0.15) is 4.88 Å². The molecule has 0 unspecified atom stereocenters. The third-order valence-electron chi connectivity index (χ3n) is 3.28. The molecule has 3 rings (SSSR count). The maximum atomic E-state index is 12.5. The molecule has 1 aromatic heterocycles. The molecule has 0 bridgehead atoms. The summed E-state index contributed by atoms with van der Waals surface area (Å²) in [5.41, 5.74) is 0.934. The topological polar surface area (TPSA) is 66.5 Å². The molecule has 2 aromatic rings. The molecule has 1 N–H and O–H groups in total. The average molecular weight is 355 g/mol. The maximum absolute atomic E-state index is 12.5. The van der Waals surface area contributed by atoms with Gasteiger partial charge in [0.25, 0.3) is 10.0 Å². The van der Waals surface area contributed by atoms with Gasteiger partial charge in [-0.05, 0) is 23.6 Å². The second-order valence-corrected chi connectivity index (χ2v) is 7.83. The SMILES string of the molecule is CN1c2ccsc2C(=O)/C(=C\Nc2ccccc2Cl)S1(=O)=O. The first-order valence-electron chi connectivity index (χ1n) is 6.25. The highest BCUT2D eigenvalue weighted by Crippen LogP contribution is 2.37. The van der Waals surface area contributed by atoms with E-state index in [1.54, 1.807) is 35.7 Å². The number of nitrogens with zero attached hydrogens (tertiary/aromatic N) is 1. The van der Waals surface area contributed by atoms with Crippen molar-refractivity contribution < 1.29 is 13.2 Å². The van der Waals surface area contributed by atoms with Gasteiger partial charge in [0.2, 0.25) is 5.78 Å². The van der Waals surface area contributed by atoms with Gasteiger partial charge in [-0.1, -0.05) is 23.7 Å². The molecular weight excluding hydrogens is 344 g/mol. The van der Waals surface area contributed by atoms with Crippen LogP contribution in [0.15, 0.2) is 46.8 Å². The number of Topliss-reactive ketones (excluding diaryl/α,β-unsaturated/α-hetero) is 1. The minimum atomic E-state index is -3.87. The number of carbonyl (C=O) groups excluding carboxylic acids is 1. The molecule has 0 radical (unpaired) electrons. The highest BCUT2D eigenvalue weighted by Gasteiger charge is 2.39. The number of nitrogens with one attached hydrogen (secondary N) is 1. The van der Waals surface area contributed by atoms with Crippen LogP contribution in [0.5, 0.6) is 0 Å². The summed E-state index contributed by atoms with van der Waals surface area (Å²) in [6.45, 7) is 0. The highest BCUT2D eigenvalue weighted by molar-refractivity contribution is 7.97. The third-order valence-corrected chi connectivity index (χ3v) is 6.29. The van der Waals surface area contributed by atoms with Crippen molar-refractivity contribution in [3.8, 4) is 0 Å². The zero-order chi connectivity index (χ0) is 15.9. The molecule has 5 nitrogen and oxygen atoms in total. The van der Waals surface area contributed by atoms with Crippen LogP contribution < -0.4 is 9.62 Å². The second-order valence-electron chi connectivity index (χ2n) is 4.57. The van der Waals surface area contributed by atoms with E-state index in [9.17, 15) is 13.2 Å². The molecule has 1 aliphatic rings. The number of thiophene rings is 1. The van der Waals surface area contributed by atoms with Crippen molar-refractivity contribution in [1.82, 2.24) is 0 Å². The Labute approximate surface area is 136 Å². The predicted molar refractivity (Wildman–Crippen MR) is 89.1 cm³/mol. The van der Waals surface area contributed by atoms with Gasteiger partial charge in [0, 0.05) is 13.2 Å². The van der Waals surface area contributed by atoms with Crippen molar-refractivity contribution in [3.05, 3.63) is 56.7 Å². The number of sulfonamides is 1. The average Bonchev–Trinajstić information content (AvgIpc) is 2.96. The van der Waals surface area contributed by atoms with Gasteiger partial charge >= 0.3 is 0 Å². The number of hydrogen-bond acceptors (Lipinski definition) is 5. The summed E-state index contributed by atoms with van der Waals surface area (Å²) in [6, 6.07) is 8.50. The summed E-state index contributed by atoms with van der Waals surface area (Å²) in [6.07, 6.45) is 1.19. The first kappa shape index (κ1) is 15.1. The summed E-state index contributed by atoms with van der Waals surface area (Å²) in [7, 11) is -2.44. The van der Waals surface area contributed by atoms with Gasteiger partial charge in [-0.15, -0.1) is 11.3 Å². The number of carbonyl (C=O) groups is 1. The fourth-order valence-corrected chi connectivity index (χ4v) is 4.53. The minimum absolute atomic E-state index is 0.301. The molecule has 0 saturated carbocycles. The Balaban J connectivity index is 2.05. The summed E-state index contributed by atoms with van der Waals surface area (Å²) in [4.78, 5) is 12.5. The van der Waals surface area contributed by atoms with Crippen LogP contribution in [0.2, 0.25) is 5.02 Å². The molecule has 0 amide bonds. The maximum Gasteiger partial charge on any atom is 0.269 e. The molecule has 0 fully saturated rings. The summed E-state index contributed by atoms with van der Waals surface area (Å²) in [5.74, 6) is -0.511. The van der Waals surface area contributed by atoms with Crippen molar-refractivity contribution in [2.45, 2.75) is 0 Å². The van der Waals surface area contributed by atoms with Crippen LogP contribution in [0, 0.1) is 0 Å². The minimum Gasteiger partial charge on any atom is -0.359 e. The van der Waals surface area contributed by atoms with Crippen LogP contribution >= 0.6 is 22.9 Å². The lowest BCUT2D eigenvalue weighted by Gasteiger charge is -2.25. The van der Waals surface area contributed by atoms with Crippen molar-refractivity contribution in [1.29, 1.82) is 0 Å². The van der Waals surface area contributed by atoms with Gasteiger partial charge in [-0.3, -0.25) is 9.10 Å². The van der Waals surface area contributed by atoms with Crippen molar-refractivity contribution in [2.75, 3.05) is 16.7 Å². The molecule has 8 heteroatoms. The zero-order valence-corrected chi connectivity index (χ0v) is 13.8. The van der Waals surface area contributed by atoms with E-state index >= 15 is 0 Å². The van der Waals surface area contributed by atoms with Crippen molar-refractivity contribution >= 4 is 50.1 Å². The van der Waals surface area contributed by atoms with Gasteiger partial charge in [-0.2, -0.15) is 0 Å². The molecule has 0 aliphatic carbocycles. The number of para-hydroxylation sites is 1. The normalized spacial score (nSPS) is 18.4. The number of hydrogen-bond donors (Lipinski definition) is 1. The molecule has 114 valence electrons. The Hall–Kier alpha value is -1.83. The lowest BCUT2D eigenvalue weighted by molar-refractivity contribution is 0.104. The Morgan fingerprint density at radius 1 is 1.27 bits per heavy atom. The molecule has 1 aromatic carbocycles. The van der Waals surface area contributed by atoms with Crippen LogP contribution in [-0.2, 0) is 10.0 Å². The Kier molecular flexibility index (Phi) is 3.72. The predicted octanol–water partition coefficient (Wildman–Crippen LogP) is 3.32. The quantitative estimate of drug-likeness (QED) is 0.840. The van der Waals surface area contributed by atoms with Crippen LogP contribution in [0.4, 0.5) is 11.4 Å². The second kappa shape index (κ2) is 5.42. The molecular formula is C14H11ClN2O3S2. The fourth-order valence-electron chi connectivity index (χ4n) is 2.09. The standard InChI is InChI=1S/C14H11ClN2O3S2/c1-17-11-6-7-21-14(11)13(18)12(22(17,19)20)8-16-10-5-3-2-4-9(10)15/h2-8,16H,1H3/b12-8+. The Morgan fingerprint density at radius 2 is 2.00 bits per heavy atom. The zero-order valence-electron chi connectivity index (χ0n) is 11.4. The lowest BCUT2D eigenvalue weighted by Crippen LogP contribution is -2.35. The smallest absolute Gasteiger partial charge is 0.269 e. The fraction of sp³-hybridized carbons (Fsp3) is 0.0714. The van der Waals surface area contributed by atoms with E-state index in [1.807, 2.05) is 0 Å². The van der Waals surface area contributed by atoms with E-state index < -0.39 is 15.8 Å². The molecule has 0 atom stereocenters.